The zero-order chi connectivity index (χ0) is 13.5. The van der Waals surface area contributed by atoms with Gasteiger partial charge in [0.1, 0.15) is 0 Å². The number of amides is 1. The zero-order valence-electron chi connectivity index (χ0n) is 11.1. The van der Waals surface area contributed by atoms with Gasteiger partial charge in [0.05, 0.1) is 26.0 Å². The van der Waals surface area contributed by atoms with Crippen LogP contribution >= 0.6 is 24.0 Å². The molecule has 1 amide bonds. The number of hydrogen-bond acceptors (Lipinski definition) is 4. The smallest absolute Gasteiger partial charge is 0.287 e. The Morgan fingerprint density at radius 2 is 2.20 bits per heavy atom. The van der Waals surface area contributed by atoms with Crippen molar-refractivity contribution >= 4 is 35.8 Å². The van der Waals surface area contributed by atoms with Crippen LogP contribution < -0.4 is 11.1 Å². The number of carbonyl (C=O) groups is 1. The molecule has 0 aromatic carbocycles. The van der Waals surface area contributed by atoms with E-state index in [-0.39, 0.29) is 29.9 Å². The van der Waals surface area contributed by atoms with Crippen LogP contribution in [0.25, 0.3) is 0 Å². The van der Waals surface area contributed by atoms with E-state index < -0.39 is 0 Å². The largest absolute Gasteiger partial charge is 0.459 e. The van der Waals surface area contributed by atoms with Crippen LogP contribution in [-0.4, -0.2) is 56.2 Å². The van der Waals surface area contributed by atoms with Crippen LogP contribution in [0, 0.1) is 0 Å². The molecule has 0 aliphatic carbocycles. The lowest BCUT2D eigenvalue weighted by molar-refractivity contribution is 0.0674. The SMILES string of the molecule is I.NC(=NCCNC(=O)c1ccco1)N1CCOCC1. The molecule has 1 aliphatic heterocycles. The topological polar surface area (TPSA) is 93.1 Å². The lowest BCUT2D eigenvalue weighted by Gasteiger charge is -2.27. The Morgan fingerprint density at radius 3 is 2.85 bits per heavy atom. The van der Waals surface area contributed by atoms with Crippen LogP contribution in [0.1, 0.15) is 10.6 Å². The Balaban J connectivity index is 0.00000200. The highest BCUT2D eigenvalue weighted by molar-refractivity contribution is 14.0. The lowest BCUT2D eigenvalue weighted by atomic mass is 10.4. The van der Waals surface area contributed by atoms with Crippen LogP contribution in [-0.2, 0) is 4.74 Å². The van der Waals surface area contributed by atoms with Gasteiger partial charge in [-0.05, 0) is 12.1 Å². The second-order valence-electron chi connectivity index (χ2n) is 4.07. The van der Waals surface area contributed by atoms with Crippen LogP contribution in [0.2, 0.25) is 0 Å². The molecule has 3 N–H and O–H groups in total. The second-order valence-corrected chi connectivity index (χ2v) is 4.07. The Hall–Kier alpha value is -1.29. The third-order valence-corrected chi connectivity index (χ3v) is 2.75. The first-order valence-corrected chi connectivity index (χ1v) is 6.21. The summed E-state index contributed by atoms with van der Waals surface area (Å²) < 4.78 is 10.2. The molecule has 8 heteroatoms. The van der Waals surface area contributed by atoms with Gasteiger partial charge in [0.25, 0.3) is 5.91 Å². The summed E-state index contributed by atoms with van der Waals surface area (Å²) in [7, 11) is 0. The molecule has 2 heterocycles. The summed E-state index contributed by atoms with van der Waals surface area (Å²) in [6.07, 6.45) is 1.46. The number of nitrogens with one attached hydrogen (secondary N) is 1. The molecule has 20 heavy (non-hydrogen) atoms. The molecule has 1 aromatic rings. The van der Waals surface area contributed by atoms with Gasteiger partial charge in [0.15, 0.2) is 11.7 Å². The van der Waals surface area contributed by atoms with Gasteiger partial charge in [-0.25, -0.2) is 0 Å². The Morgan fingerprint density at radius 1 is 1.45 bits per heavy atom. The molecular formula is C12H19IN4O3. The highest BCUT2D eigenvalue weighted by Gasteiger charge is 2.12. The number of carbonyl (C=O) groups excluding carboxylic acids is 1. The van der Waals surface area contributed by atoms with Crippen molar-refractivity contribution in [2.75, 3.05) is 39.4 Å². The van der Waals surface area contributed by atoms with Gasteiger partial charge in [0.2, 0.25) is 0 Å². The Labute approximate surface area is 134 Å². The van der Waals surface area contributed by atoms with Gasteiger partial charge in [-0.2, -0.15) is 0 Å². The van der Waals surface area contributed by atoms with Crippen molar-refractivity contribution in [3.63, 3.8) is 0 Å². The van der Waals surface area contributed by atoms with Crippen LogP contribution in [0.15, 0.2) is 27.8 Å². The number of aliphatic imine (C=N–C) groups is 1. The van der Waals surface area contributed by atoms with E-state index in [4.69, 9.17) is 14.9 Å². The molecule has 0 bridgehead atoms. The average molecular weight is 394 g/mol. The number of halogens is 1. The average Bonchev–Trinajstić information content (AvgIpc) is 2.98. The first kappa shape index (κ1) is 16.8. The van der Waals surface area contributed by atoms with Gasteiger partial charge in [-0.3, -0.25) is 9.79 Å². The number of furan rings is 1. The molecule has 1 fully saturated rings. The van der Waals surface area contributed by atoms with Crippen molar-refractivity contribution < 1.29 is 13.9 Å². The summed E-state index contributed by atoms with van der Waals surface area (Å²) in [4.78, 5) is 17.7. The maximum Gasteiger partial charge on any atom is 0.287 e. The van der Waals surface area contributed by atoms with Gasteiger partial charge in [-0.1, -0.05) is 0 Å². The van der Waals surface area contributed by atoms with Crippen molar-refractivity contribution in [2.45, 2.75) is 0 Å². The summed E-state index contributed by atoms with van der Waals surface area (Å²) >= 11 is 0. The second kappa shape index (κ2) is 8.80. The standard InChI is InChI=1S/C12H18N4O3.HI/c13-12(16-5-8-18-9-6-16)15-4-3-14-11(17)10-2-1-7-19-10;/h1-2,7H,3-6,8-9H2,(H2,13,15)(H,14,17);1H. The van der Waals surface area contributed by atoms with Crippen molar-refractivity contribution in [3.05, 3.63) is 24.2 Å². The van der Waals surface area contributed by atoms with E-state index in [9.17, 15) is 4.79 Å². The fourth-order valence-corrected chi connectivity index (χ4v) is 1.73. The minimum absolute atomic E-state index is 0. The monoisotopic (exact) mass is 394 g/mol. The number of guanidine groups is 1. The summed E-state index contributed by atoms with van der Waals surface area (Å²) in [6.45, 7) is 3.72. The molecule has 0 spiro atoms. The number of rotatable bonds is 4. The van der Waals surface area contributed by atoms with Crippen LogP contribution in [0.4, 0.5) is 0 Å². The van der Waals surface area contributed by atoms with Crippen LogP contribution in [0.5, 0.6) is 0 Å². The Bertz CT molecular complexity index is 430. The van der Waals surface area contributed by atoms with Crippen molar-refractivity contribution in [3.8, 4) is 0 Å². The van der Waals surface area contributed by atoms with E-state index in [1.165, 1.54) is 6.26 Å². The van der Waals surface area contributed by atoms with E-state index >= 15 is 0 Å². The summed E-state index contributed by atoms with van der Waals surface area (Å²) in [5, 5.41) is 2.70. The van der Waals surface area contributed by atoms with Crippen molar-refractivity contribution in [1.82, 2.24) is 10.2 Å². The van der Waals surface area contributed by atoms with E-state index in [0.29, 0.717) is 38.0 Å². The number of nitrogens with zero attached hydrogens (tertiary/aromatic N) is 2. The van der Waals surface area contributed by atoms with Gasteiger partial charge in [0, 0.05) is 19.6 Å². The van der Waals surface area contributed by atoms with Crippen molar-refractivity contribution in [2.24, 2.45) is 10.7 Å². The molecule has 0 unspecified atom stereocenters. The highest BCUT2D eigenvalue weighted by atomic mass is 127. The molecule has 112 valence electrons. The fourth-order valence-electron chi connectivity index (χ4n) is 1.73. The molecule has 1 saturated heterocycles. The fraction of sp³-hybridized carbons (Fsp3) is 0.500. The number of hydrogen-bond donors (Lipinski definition) is 2. The molecule has 2 rings (SSSR count). The molecule has 1 aliphatic rings. The van der Waals surface area contributed by atoms with E-state index in [0.717, 1.165) is 13.1 Å². The third-order valence-electron chi connectivity index (χ3n) is 2.75. The molecular weight excluding hydrogens is 375 g/mol. The molecule has 0 radical (unpaired) electrons. The third kappa shape index (κ3) is 5.00. The van der Waals surface area contributed by atoms with E-state index in [1.54, 1.807) is 12.1 Å². The predicted octanol–water partition coefficient (Wildman–Crippen LogP) is 0.274. The van der Waals surface area contributed by atoms with E-state index in [2.05, 4.69) is 10.3 Å². The summed E-state index contributed by atoms with van der Waals surface area (Å²) in [5.41, 5.74) is 5.85. The maximum absolute atomic E-state index is 11.5. The first-order valence-electron chi connectivity index (χ1n) is 6.21. The van der Waals surface area contributed by atoms with Gasteiger partial charge < -0.3 is 25.1 Å². The van der Waals surface area contributed by atoms with Gasteiger partial charge in [-0.15, -0.1) is 24.0 Å². The highest BCUT2D eigenvalue weighted by Crippen LogP contribution is 1.99. The predicted molar refractivity (Wildman–Crippen MR) is 85.3 cm³/mol. The quantitative estimate of drug-likeness (QED) is 0.331. The number of nitrogens with two attached hydrogens (primary N) is 1. The lowest BCUT2D eigenvalue weighted by Crippen LogP contribution is -2.45. The molecule has 0 saturated carbocycles. The zero-order valence-corrected chi connectivity index (χ0v) is 13.4. The van der Waals surface area contributed by atoms with Crippen molar-refractivity contribution in [1.29, 1.82) is 0 Å². The normalized spacial score (nSPS) is 15.6. The summed E-state index contributed by atoms with van der Waals surface area (Å²) in [6, 6.07) is 3.28. The molecule has 7 nitrogen and oxygen atoms in total. The number of morpholine rings is 1. The number of ether oxygens (including phenoxy) is 1. The van der Waals surface area contributed by atoms with Crippen LogP contribution in [0.3, 0.4) is 0 Å². The van der Waals surface area contributed by atoms with E-state index in [1.807, 2.05) is 4.90 Å². The molecule has 0 atom stereocenters. The minimum atomic E-state index is -0.245. The maximum atomic E-state index is 11.5. The first-order chi connectivity index (χ1) is 9.27. The summed E-state index contributed by atoms with van der Waals surface area (Å²) in [5.74, 6) is 0.547. The molecule has 1 aromatic heterocycles. The Kier molecular flexibility index (Phi) is 7.37. The minimum Gasteiger partial charge on any atom is -0.459 e. The van der Waals surface area contributed by atoms with Gasteiger partial charge >= 0.3 is 0 Å².